The van der Waals surface area contributed by atoms with Gasteiger partial charge in [0.15, 0.2) is 0 Å². The van der Waals surface area contributed by atoms with Gasteiger partial charge < -0.3 is 11.1 Å². The lowest BCUT2D eigenvalue weighted by molar-refractivity contribution is -0.117. The minimum Gasteiger partial charge on any atom is -0.326 e. The molecule has 94 valence electrons. The summed E-state index contributed by atoms with van der Waals surface area (Å²) in [6, 6.07) is 7.91. The van der Waals surface area contributed by atoms with E-state index in [-0.39, 0.29) is 5.91 Å². The number of amides is 1. The van der Waals surface area contributed by atoms with E-state index in [2.05, 4.69) is 12.2 Å². The van der Waals surface area contributed by atoms with E-state index in [4.69, 9.17) is 5.73 Å². The van der Waals surface area contributed by atoms with Crippen molar-refractivity contribution < 1.29 is 4.79 Å². The predicted molar refractivity (Wildman–Crippen MR) is 72.0 cm³/mol. The summed E-state index contributed by atoms with van der Waals surface area (Å²) in [6.45, 7) is 5.83. The Balaban J connectivity index is 2.71. The summed E-state index contributed by atoms with van der Waals surface area (Å²) < 4.78 is 0. The van der Waals surface area contributed by atoms with Crippen molar-refractivity contribution in [3.63, 3.8) is 0 Å². The van der Waals surface area contributed by atoms with E-state index in [1.54, 1.807) is 0 Å². The van der Waals surface area contributed by atoms with Crippen molar-refractivity contribution in [2.75, 3.05) is 5.32 Å². The van der Waals surface area contributed by atoms with Crippen molar-refractivity contribution in [2.45, 2.75) is 45.6 Å². The fourth-order valence-electron chi connectivity index (χ4n) is 1.74. The van der Waals surface area contributed by atoms with Crippen molar-refractivity contribution >= 4 is 11.6 Å². The van der Waals surface area contributed by atoms with Gasteiger partial charge in [0, 0.05) is 17.6 Å². The van der Waals surface area contributed by atoms with Crippen LogP contribution in [0.3, 0.4) is 0 Å². The lowest BCUT2D eigenvalue weighted by Crippen LogP contribution is -2.36. The number of nitrogens with one attached hydrogen (secondary N) is 1. The third kappa shape index (κ3) is 5.00. The number of para-hydroxylation sites is 1. The first kappa shape index (κ1) is 13.7. The molecule has 0 saturated carbocycles. The molecule has 3 heteroatoms. The summed E-state index contributed by atoms with van der Waals surface area (Å²) in [5, 5.41) is 2.93. The van der Waals surface area contributed by atoms with E-state index >= 15 is 0 Å². The van der Waals surface area contributed by atoms with Gasteiger partial charge in [-0.15, -0.1) is 0 Å². The molecular weight excluding hydrogens is 212 g/mol. The number of hydrogen-bond acceptors (Lipinski definition) is 2. The van der Waals surface area contributed by atoms with Gasteiger partial charge in [-0.1, -0.05) is 31.5 Å². The molecule has 17 heavy (non-hydrogen) atoms. The summed E-state index contributed by atoms with van der Waals surface area (Å²) in [6.07, 6.45) is 2.37. The molecule has 0 unspecified atom stereocenters. The molecule has 1 aromatic carbocycles. The molecule has 0 aromatic heterocycles. The van der Waals surface area contributed by atoms with E-state index in [9.17, 15) is 4.79 Å². The molecule has 0 atom stereocenters. The van der Waals surface area contributed by atoms with Gasteiger partial charge in [0.05, 0.1) is 0 Å². The van der Waals surface area contributed by atoms with Crippen LogP contribution in [0.25, 0.3) is 0 Å². The van der Waals surface area contributed by atoms with E-state index in [0.29, 0.717) is 6.42 Å². The maximum atomic E-state index is 11.8. The van der Waals surface area contributed by atoms with Crippen LogP contribution in [0, 0.1) is 0 Å². The monoisotopic (exact) mass is 234 g/mol. The molecule has 0 aliphatic carbocycles. The number of carbonyl (C=O) groups excluding carboxylic acids is 1. The molecular formula is C14H22N2O. The van der Waals surface area contributed by atoms with Gasteiger partial charge in [-0.3, -0.25) is 4.79 Å². The Morgan fingerprint density at radius 3 is 2.59 bits per heavy atom. The molecule has 0 saturated heterocycles. The van der Waals surface area contributed by atoms with E-state index in [1.807, 2.05) is 38.1 Å². The zero-order valence-electron chi connectivity index (χ0n) is 10.9. The molecule has 0 radical (unpaired) electrons. The lowest BCUT2D eigenvalue weighted by Gasteiger charge is -2.18. The highest BCUT2D eigenvalue weighted by molar-refractivity contribution is 5.92. The molecule has 3 N–H and O–H groups in total. The highest BCUT2D eigenvalue weighted by Crippen LogP contribution is 2.17. The predicted octanol–water partition coefficient (Wildman–Crippen LogP) is 2.71. The third-order valence-corrected chi connectivity index (χ3v) is 2.43. The van der Waals surface area contributed by atoms with Gasteiger partial charge in [-0.2, -0.15) is 0 Å². The number of carbonyl (C=O) groups is 1. The Morgan fingerprint density at radius 1 is 1.35 bits per heavy atom. The van der Waals surface area contributed by atoms with E-state index in [0.717, 1.165) is 18.5 Å². The molecule has 1 rings (SSSR count). The van der Waals surface area contributed by atoms with Gasteiger partial charge >= 0.3 is 0 Å². The molecule has 0 spiro atoms. The average Bonchev–Trinajstić information content (AvgIpc) is 2.18. The van der Waals surface area contributed by atoms with Gasteiger partial charge in [-0.05, 0) is 31.9 Å². The summed E-state index contributed by atoms with van der Waals surface area (Å²) >= 11 is 0. The Labute approximate surface area is 103 Å². The highest BCUT2D eigenvalue weighted by Gasteiger charge is 2.16. The van der Waals surface area contributed by atoms with Gasteiger partial charge in [0.25, 0.3) is 0 Å². The second-order valence-corrected chi connectivity index (χ2v) is 5.12. The summed E-state index contributed by atoms with van der Waals surface area (Å²) in [7, 11) is 0. The summed E-state index contributed by atoms with van der Waals surface area (Å²) in [5.74, 6) is -0.0268. The first-order valence-electron chi connectivity index (χ1n) is 6.09. The Bertz CT molecular complexity index is 380. The largest absolute Gasteiger partial charge is 0.326 e. The third-order valence-electron chi connectivity index (χ3n) is 2.43. The lowest BCUT2D eigenvalue weighted by atomic mass is 10.0. The van der Waals surface area contributed by atoms with E-state index in [1.165, 1.54) is 5.56 Å². The van der Waals surface area contributed by atoms with Gasteiger partial charge in [-0.25, -0.2) is 0 Å². The van der Waals surface area contributed by atoms with Gasteiger partial charge in [0.2, 0.25) is 5.91 Å². The van der Waals surface area contributed by atoms with Crippen LogP contribution in [-0.4, -0.2) is 11.4 Å². The van der Waals surface area contributed by atoms with Crippen LogP contribution in [0.15, 0.2) is 24.3 Å². The van der Waals surface area contributed by atoms with Crippen molar-refractivity contribution in [3.8, 4) is 0 Å². The molecule has 0 aliphatic rings. The Kier molecular flexibility index (Phi) is 4.70. The van der Waals surface area contributed by atoms with Crippen molar-refractivity contribution in [1.29, 1.82) is 0 Å². The van der Waals surface area contributed by atoms with E-state index < -0.39 is 5.54 Å². The van der Waals surface area contributed by atoms with Crippen LogP contribution in [0.2, 0.25) is 0 Å². The van der Waals surface area contributed by atoms with Crippen LogP contribution in [0.4, 0.5) is 5.69 Å². The molecule has 0 fully saturated rings. The zero-order valence-corrected chi connectivity index (χ0v) is 10.9. The smallest absolute Gasteiger partial charge is 0.226 e. The molecule has 1 aromatic rings. The maximum absolute atomic E-state index is 11.8. The quantitative estimate of drug-likeness (QED) is 0.823. The number of hydrogen-bond donors (Lipinski definition) is 2. The second kappa shape index (κ2) is 5.82. The highest BCUT2D eigenvalue weighted by atomic mass is 16.1. The molecule has 0 heterocycles. The zero-order chi connectivity index (χ0) is 12.9. The average molecular weight is 234 g/mol. The van der Waals surface area contributed by atoms with Crippen LogP contribution >= 0.6 is 0 Å². The number of aryl methyl sites for hydroxylation is 1. The minimum absolute atomic E-state index is 0.0268. The number of anilines is 1. The molecule has 0 aliphatic heterocycles. The van der Waals surface area contributed by atoms with Crippen LogP contribution in [0.1, 0.15) is 39.2 Å². The fourth-order valence-corrected chi connectivity index (χ4v) is 1.74. The van der Waals surface area contributed by atoms with Crippen LogP contribution in [0.5, 0.6) is 0 Å². The number of rotatable bonds is 5. The first-order chi connectivity index (χ1) is 7.92. The maximum Gasteiger partial charge on any atom is 0.226 e. The van der Waals surface area contributed by atoms with Crippen molar-refractivity contribution in [1.82, 2.24) is 0 Å². The first-order valence-corrected chi connectivity index (χ1v) is 6.09. The van der Waals surface area contributed by atoms with Crippen LogP contribution < -0.4 is 11.1 Å². The second-order valence-electron chi connectivity index (χ2n) is 5.12. The van der Waals surface area contributed by atoms with Crippen molar-refractivity contribution in [3.05, 3.63) is 29.8 Å². The number of benzene rings is 1. The summed E-state index contributed by atoms with van der Waals surface area (Å²) in [4.78, 5) is 11.8. The Hall–Kier alpha value is -1.35. The fraction of sp³-hybridized carbons (Fsp3) is 0.500. The molecule has 3 nitrogen and oxygen atoms in total. The molecule has 0 bridgehead atoms. The van der Waals surface area contributed by atoms with Gasteiger partial charge in [0.1, 0.15) is 0 Å². The summed E-state index contributed by atoms with van der Waals surface area (Å²) in [5.41, 5.74) is 7.44. The standard InChI is InChI=1S/C14H22N2O/c1-4-7-11-8-5-6-9-12(11)16-13(17)10-14(2,3)15/h5-6,8-9H,4,7,10,15H2,1-3H3,(H,16,17). The normalized spacial score (nSPS) is 11.3. The molecule has 1 amide bonds. The Morgan fingerprint density at radius 2 is 2.00 bits per heavy atom. The van der Waals surface area contributed by atoms with Crippen LogP contribution in [-0.2, 0) is 11.2 Å². The minimum atomic E-state index is -0.468. The van der Waals surface area contributed by atoms with Crippen molar-refractivity contribution in [2.24, 2.45) is 5.73 Å². The number of nitrogens with two attached hydrogens (primary N) is 1. The SMILES string of the molecule is CCCc1ccccc1NC(=O)CC(C)(C)N. The topological polar surface area (TPSA) is 55.1 Å².